The maximum absolute atomic E-state index is 13.9. The molecule has 2 aromatic carbocycles. The van der Waals surface area contributed by atoms with Crippen molar-refractivity contribution in [2.24, 2.45) is 0 Å². The number of hydrogen-bond donors (Lipinski definition) is 0. The van der Waals surface area contributed by atoms with Crippen LogP contribution in [-0.4, -0.2) is 29.7 Å². The minimum absolute atomic E-state index is 0.120. The third-order valence-electron chi connectivity index (χ3n) is 4.79. The number of amides is 1. The molecule has 1 atom stereocenters. The van der Waals surface area contributed by atoms with Crippen LogP contribution >= 0.6 is 0 Å². The van der Waals surface area contributed by atoms with E-state index in [2.05, 4.69) is 10.1 Å². The summed E-state index contributed by atoms with van der Waals surface area (Å²) in [4.78, 5) is 18.2. The molecule has 2 heterocycles. The molecule has 1 fully saturated rings. The van der Waals surface area contributed by atoms with Crippen molar-refractivity contribution in [1.82, 2.24) is 10.1 Å². The van der Waals surface area contributed by atoms with Gasteiger partial charge in [-0.3, -0.25) is 4.79 Å². The van der Waals surface area contributed by atoms with Crippen LogP contribution in [0.3, 0.4) is 0 Å². The maximum Gasteiger partial charge on any atom is 0.232 e. The number of anilines is 1. The molecule has 1 amide bonds. The number of aryl methyl sites for hydroxylation is 1. The molecule has 4 rings (SSSR count). The number of ether oxygens (including phenoxy) is 1. The zero-order chi connectivity index (χ0) is 19.8. The lowest BCUT2D eigenvalue weighted by Gasteiger charge is -2.16. The Kier molecular flexibility index (Phi) is 4.54. The van der Waals surface area contributed by atoms with Crippen LogP contribution in [0.15, 0.2) is 40.9 Å². The summed E-state index contributed by atoms with van der Waals surface area (Å²) in [5.41, 5.74) is 1.45. The van der Waals surface area contributed by atoms with Crippen LogP contribution in [0, 0.1) is 18.6 Å². The Morgan fingerprint density at radius 2 is 2.00 bits per heavy atom. The summed E-state index contributed by atoms with van der Waals surface area (Å²) in [5, 5.41) is 3.89. The number of nitrogens with zero attached hydrogens (tertiary/aromatic N) is 3. The lowest BCUT2D eigenvalue weighted by atomic mass is 10.1. The normalized spacial score (nSPS) is 16.6. The molecule has 0 N–H and O–H groups in total. The Hall–Kier alpha value is -3.29. The summed E-state index contributed by atoms with van der Waals surface area (Å²) in [6.45, 7) is 1.97. The number of aromatic nitrogens is 2. The third kappa shape index (κ3) is 3.21. The number of benzene rings is 2. The summed E-state index contributed by atoms with van der Waals surface area (Å²) in [6.07, 6.45) is 0.175. The monoisotopic (exact) mass is 385 g/mol. The number of carbonyl (C=O) groups excluding carboxylic acids is 1. The van der Waals surface area contributed by atoms with E-state index in [0.717, 1.165) is 0 Å². The Labute approximate surface area is 159 Å². The molecule has 6 nitrogen and oxygen atoms in total. The fraction of sp³-hybridized carbons (Fsp3) is 0.250. The second-order valence-electron chi connectivity index (χ2n) is 6.64. The molecule has 0 saturated carbocycles. The van der Waals surface area contributed by atoms with Crippen molar-refractivity contribution in [1.29, 1.82) is 0 Å². The van der Waals surface area contributed by atoms with Crippen molar-refractivity contribution in [2.45, 2.75) is 19.3 Å². The fourth-order valence-electron chi connectivity index (χ4n) is 3.20. The van der Waals surface area contributed by atoms with Crippen LogP contribution in [0.4, 0.5) is 14.5 Å². The van der Waals surface area contributed by atoms with Crippen LogP contribution < -0.4 is 9.64 Å². The quantitative estimate of drug-likeness (QED) is 0.682. The van der Waals surface area contributed by atoms with Crippen LogP contribution in [0.1, 0.15) is 23.8 Å². The molecule has 1 aliphatic heterocycles. The zero-order valence-electron chi connectivity index (χ0n) is 15.3. The number of methoxy groups -OCH3 is 1. The highest BCUT2D eigenvalue weighted by Crippen LogP contribution is 2.33. The molecule has 28 heavy (non-hydrogen) atoms. The molecule has 0 spiro atoms. The van der Waals surface area contributed by atoms with Gasteiger partial charge in [-0.2, -0.15) is 4.98 Å². The fourth-order valence-corrected chi connectivity index (χ4v) is 3.20. The van der Waals surface area contributed by atoms with Crippen molar-refractivity contribution in [3.8, 4) is 17.1 Å². The van der Waals surface area contributed by atoms with E-state index in [-0.39, 0.29) is 41.5 Å². The van der Waals surface area contributed by atoms with Gasteiger partial charge in [0.1, 0.15) is 5.82 Å². The van der Waals surface area contributed by atoms with E-state index in [0.29, 0.717) is 23.4 Å². The Morgan fingerprint density at radius 3 is 2.71 bits per heavy atom. The lowest BCUT2D eigenvalue weighted by molar-refractivity contribution is -0.117. The summed E-state index contributed by atoms with van der Waals surface area (Å²) >= 11 is 0. The van der Waals surface area contributed by atoms with E-state index in [1.807, 2.05) is 0 Å². The average molecular weight is 385 g/mol. The highest BCUT2D eigenvalue weighted by molar-refractivity contribution is 5.96. The van der Waals surface area contributed by atoms with E-state index < -0.39 is 5.82 Å². The average Bonchev–Trinajstić information content (AvgIpc) is 3.31. The number of carbonyl (C=O) groups is 1. The minimum Gasteiger partial charge on any atom is -0.494 e. The Bertz CT molecular complexity index is 1050. The predicted octanol–water partition coefficient (Wildman–Crippen LogP) is 3.85. The number of hydrogen-bond acceptors (Lipinski definition) is 5. The van der Waals surface area contributed by atoms with Gasteiger partial charge in [0.25, 0.3) is 0 Å². The molecule has 0 radical (unpaired) electrons. The summed E-state index contributed by atoms with van der Waals surface area (Å²) < 4.78 is 37.9. The highest BCUT2D eigenvalue weighted by Gasteiger charge is 2.35. The smallest absolute Gasteiger partial charge is 0.232 e. The van der Waals surface area contributed by atoms with E-state index in [1.54, 1.807) is 25.1 Å². The van der Waals surface area contributed by atoms with Crippen molar-refractivity contribution in [2.75, 3.05) is 18.6 Å². The minimum atomic E-state index is -0.532. The van der Waals surface area contributed by atoms with Gasteiger partial charge < -0.3 is 14.2 Å². The van der Waals surface area contributed by atoms with Crippen molar-refractivity contribution < 1.29 is 22.8 Å². The van der Waals surface area contributed by atoms with Crippen LogP contribution in [0.25, 0.3) is 11.4 Å². The summed E-state index contributed by atoms with van der Waals surface area (Å²) in [7, 11) is 1.38. The maximum atomic E-state index is 13.9. The van der Waals surface area contributed by atoms with Crippen molar-refractivity contribution >= 4 is 11.6 Å². The second-order valence-corrected chi connectivity index (χ2v) is 6.64. The molecule has 144 valence electrons. The molecule has 1 saturated heterocycles. The Morgan fingerprint density at radius 1 is 1.18 bits per heavy atom. The van der Waals surface area contributed by atoms with E-state index in [4.69, 9.17) is 9.26 Å². The van der Waals surface area contributed by atoms with Gasteiger partial charge in [-0.05, 0) is 42.8 Å². The highest BCUT2D eigenvalue weighted by atomic mass is 19.1. The number of rotatable bonds is 4. The van der Waals surface area contributed by atoms with Crippen LogP contribution in [0.5, 0.6) is 5.75 Å². The second kappa shape index (κ2) is 7.03. The first-order valence-corrected chi connectivity index (χ1v) is 8.70. The largest absolute Gasteiger partial charge is 0.494 e. The van der Waals surface area contributed by atoms with Crippen molar-refractivity contribution in [3.63, 3.8) is 0 Å². The number of halogens is 2. The van der Waals surface area contributed by atoms with Gasteiger partial charge in [0.2, 0.25) is 17.6 Å². The van der Waals surface area contributed by atoms with Gasteiger partial charge in [0.15, 0.2) is 11.6 Å². The van der Waals surface area contributed by atoms with Gasteiger partial charge in [-0.15, -0.1) is 0 Å². The van der Waals surface area contributed by atoms with Gasteiger partial charge in [0.05, 0.1) is 13.0 Å². The van der Waals surface area contributed by atoms with Gasteiger partial charge in [-0.1, -0.05) is 11.2 Å². The molecule has 1 unspecified atom stereocenters. The van der Waals surface area contributed by atoms with Gasteiger partial charge in [-0.25, -0.2) is 8.78 Å². The van der Waals surface area contributed by atoms with Gasteiger partial charge in [0, 0.05) is 24.2 Å². The first-order valence-electron chi connectivity index (χ1n) is 8.70. The van der Waals surface area contributed by atoms with Gasteiger partial charge >= 0.3 is 0 Å². The molecule has 8 heteroatoms. The summed E-state index contributed by atoms with van der Waals surface area (Å²) in [6, 6.07) is 9.04. The molecule has 1 aromatic heterocycles. The standard InChI is InChI=1S/C20H17F2N3O3/c1-11-3-5-14(9-15(11)21)25-10-13(8-18(25)26)20-23-19(24-28-20)12-4-6-17(27-2)16(22)7-12/h3-7,9,13H,8,10H2,1-2H3. The molecule has 3 aromatic rings. The zero-order valence-corrected chi connectivity index (χ0v) is 15.3. The SMILES string of the molecule is COc1ccc(-c2noc(C3CC(=O)N(c4ccc(C)c(F)c4)C3)n2)cc1F. The van der Waals surface area contributed by atoms with E-state index >= 15 is 0 Å². The molecule has 0 aliphatic carbocycles. The lowest BCUT2D eigenvalue weighted by Crippen LogP contribution is -2.24. The molecule has 1 aliphatic rings. The van der Waals surface area contributed by atoms with E-state index in [1.165, 1.54) is 30.2 Å². The third-order valence-corrected chi connectivity index (χ3v) is 4.79. The van der Waals surface area contributed by atoms with Crippen LogP contribution in [-0.2, 0) is 4.79 Å². The first-order chi connectivity index (χ1) is 13.5. The topological polar surface area (TPSA) is 68.5 Å². The predicted molar refractivity (Wildman–Crippen MR) is 97.1 cm³/mol. The molecular formula is C20H17F2N3O3. The Balaban J connectivity index is 1.55. The molecular weight excluding hydrogens is 368 g/mol. The van der Waals surface area contributed by atoms with Crippen LogP contribution in [0.2, 0.25) is 0 Å². The van der Waals surface area contributed by atoms with E-state index in [9.17, 15) is 13.6 Å². The summed E-state index contributed by atoms with van der Waals surface area (Å²) in [5.74, 6) is -0.733. The molecule has 0 bridgehead atoms. The van der Waals surface area contributed by atoms with Crippen molar-refractivity contribution in [3.05, 3.63) is 59.5 Å². The first kappa shape index (κ1) is 18.1.